The van der Waals surface area contributed by atoms with E-state index in [1.807, 2.05) is 17.0 Å². The highest BCUT2D eigenvalue weighted by molar-refractivity contribution is 8.07. The van der Waals surface area contributed by atoms with E-state index < -0.39 is 15.3 Å². The third kappa shape index (κ3) is 8.07. The zero-order valence-corrected chi connectivity index (χ0v) is 22.4. The van der Waals surface area contributed by atoms with E-state index in [0.29, 0.717) is 56.3 Å². The molecule has 1 aliphatic rings. The van der Waals surface area contributed by atoms with Crippen LogP contribution >= 0.6 is 11.6 Å². The summed E-state index contributed by atoms with van der Waals surface area (Å²) >= 11 is 5.93. The van der Waals surface area contributed by atoms with Crippen molar-refractivity contribution in [3.05, 3.63) is 65.5 Å². The van der Waals surface area contributed by atoms with Gasteiger partial charge < -0.3 is 26.6 Å². The molecule has 1 heterocycles. The lowest BCUT2D eigenvalue weighted by Crippen LogP contribution is -2.55. The first-order valence-electron chi connectivity index (χ1n) is 12.1. The normalized spacial score (nSPS) is 15.7. The minimum absolute atomic E-state index is 0.139. The number of carbonyl (C=O) groups excluding carboxylic acids is 3. The molecular weight excluding hydrogens is 532 g/mol. The number of nitrogens with zero attached hydrogens (tertiary/aromatic N) is 2. The second-order valence-corrected chi connectivity index (χ2v) is 10.8. The average molecular weight is 564 g/mol. The van der Waals surface area contributed by atoms with Crippen molar-refractivity contribution in [3.63, 3.8) is 0 Å². The SMILES string of the molecule is NCCNC(=O)CCC1CN(C(=O)[CH]Cc2ccc(Cl)cc2)CCN1c1ccccc1NS(=O)(=O)C(N)=O. The standard InChI is InChI=1S/C25H32ClN6O5S/c26-19-8-5-18(6-9-19)7-12-24(34)31-15-16-32(20(17-31)10-11-23(33)29-14-13-27)22-4-2-1-3-21(22)30-38(36,37)25(28)35/h1-6,8-9,12,20,30H,7,10-11,13-17,27H2,(H2,28,35)(H,29,33). The van der Waals surface area contributed by atoms with Gasteiger partial charge in [-0.15, -0.1) is 0 Å². The Kier molecular flexibility index (Phi) is 10.3. The van der Waals surface area contributed by atoms with Crippen molar-refractivity contribution in [1.82, 2.24) is 10.2 Å². The molecule has 1 atom stereocenters. The molecule has 38 heavy (non-hydrogen) atoms. The quantitative estimate of drug-likeness (QED) is 0.321. The monoisotopic (exact) mass is 563 g/mol. The maximum absolute atomic E-state index is 13.0. The Balaban J connectivity index is 1.77. The Hall–Kier alpha value is -3.35. The van der Waals surface area contributed by atoms with Gasteiger partial charge in [-0.25, -0.2) is 0 Å². The van der Waals surface area contributed by atoms with Gasteiger partial charge in [-0.3, -0.25) is 19.1 Å². The van der Waals surface area contributed by atoms with Gasteiger partial charge in [0.2, 0.25) is 11.8 Å². The van der Waals surface area contributed by atoms with Crippen LogP contribution in [0, 0.1) is 6.42 Å². The van der Waals surface area contributed by atoms with Gasteiger partial charge in [0.05, 0.1) is 17.8 Å². The van der Waals surface area contributed by atoms with E-state index in [1.165, 1.54) is 6.07 Å². The largest absolute Gasteiger partial charge is 0.363 e. The van der Waals surface area contributed by atoms with Crippen molar-refractivity contribution < 1.29 is 22.8 Å². The minimum atomic E-state index is -4.42. The molecule has 1 aliphatic heterocycles. The number of piperazine rings is 1. The Morgan fingerprint density at radius 3 is 2.47 bits per heavy atom. The van der Waals surface area contributed by atoms with E-state index in [9.17, 15) is 22.8 Å². The number of hydrogen-bond acceptors (Lipinski definition) is 7. The fraction of sp³-hybridized carbons (Fsp3) is 0.360. The van der Waals surface area contributed by atoms with Gasteiger partial charge in [0, 0.05) is 50.2 Å². The van der Waals surface area contributed by atoms with E-state index in [4.69, 9.17) is 23.1 Å². The summed E-state index contributed by atoms with van der Waals surface area (Å²) < 4.78 is 26.5. The lowest BCUT2D eigenvalue weighted by molar-refractivity contribution is -0.128. The van der Waals surface area contributed by atoms with Gasteiger partial charge in [0.25, 0.3) is 0 Å². The summed E-state index contributed by atoms with van der Waals surface area (Å²) in [5.41, 5.74) is 12.1. The fourth-order valence-corrected chi connectivity index (χ4v) is 4.87. The lowest BCUT2D eigenvalue weighted by atomic mass is 10.0. The van der Waals surface area contributed by atoms with E-state index in [-0.39, 0.29) is 30.0 Å². The molecule has 13 heteroatoms. The molecule has 1 saturated heterocycles. The number of nitrogens with one attached hydrogen (secondary N) is 2. The first kappa shape index (κ1) is 29.2. The number of primary amides is 1. The number of sulfonamides is 1. The lowest BCUT2D eigenvalue weighted by Gasteiger charge is -2.43. The summed E-state index contributed by atoms with van der Waals surface area (Å²) in [6, 6.07) is 13.5. The Bertz CT molecular complexity index is 1240. The van der Waals surface area contributed by atoms with Crippen LogP contribution in [0.15, 0.2) is 48.5 Å². The van der Waals surface area contributed by atoms with Crippen LogP contribution in [-0.2, 0) is 26.0 Å². The number of halogens is 1. The third-order valence-electron chi connectivity index (χ3n) is 6.11. The second kappa shape index (κ2) is 13.4. The molecule has 11 nitrogen and oxygen atoms in total. The van der Waals surface area contributed by atoms with Gasteiger partial charge in [-0.1, -0.05) is 35.9 Å². The minimum Gasteiger partial charge on any atom is -0.363 e. The van der Waals surface area contributed by atoms with Crippen LogP contribution in [0.5, 0.6) is 0 Å². The number of rotatable bonds is 11. The van der Waals surface area contributed by atoms with Crippen LogP contribution in [-0.4, -0.2) is 69.1 Å². The van der Waals surface area contributed by atoms with Crippen LogP contribution < -0.4 is 26.4 Å². The summed E-state index contributed by atoms with van der Waals surface area (Å²) in [4.78, 5) is 40.4. The smallest absolute Gasteiger partial charge is 0.354 e. The number of benzene rings is 2. The van der Waals surface area contributed by atoms with Crippen LogP contribution in [0.4, 0.5) is 16.2 Å². The molecule has 1 unspecified atom stereocenters. The molecule has 0 saturated carbocycles. The van der Waals surface area contributed by atoms with Crippen LogP contribution in [0.25, 0.3) is 0 Å². The predicted octanol–water partition coefficient (Wildman–Crippen LogP) is 1.48. The van der Waals surface area contributed by atoms with Crippen molar-refractivity contribution in [2.24, 2.45) is 11.5 Å². The van der Waals surface area contributed by atoms with Crippen LogP contribution in [0.1, 0.15) is 18.4 Å². The van der Waals surface area contributed by atoms with Crippen molar-refractivity contribution in [2.75, 3.05) is 42.3 Å². The van der Waals surface area contributed by atoms with E-state index in [2.05, 4.69) is 10.0 Å². The maximum Gasteiger partial charge on any atom is 0.354 e. The first-order chi connectivity index (χ1) is 18.1. The van der Waals surface area contributed by atoms with Crippen LogP contribution in [0.3, 0.4) is 0 Å². The number of anilines is 2. The molecule has 6 N–H and O–H groups in total. The fourth-order valence-electron chi connectivity index (χ4n) is 4.18. The third-order valence-corrected chi connectivity index (χ3v) is 7.38. The Morgan fingerprint density at radius 2 is 1.79 bits per heavy atom. The highest BCUT2D eigenvalue weighted by atomic mass is 35.5. The van der Waals surface area contributed by atoms with Gasteiger partial charge >= 0.3 is 15.3 Å². The zero-order chi connectivity index (χ0) is 27.7. The highest BCUT2D eigenvalue weighted by Gasteiger charge is 2.32. The summed E-state index contributed by atoms with van der Waals surface area (Å²) in [5.74, 6) is -0.309. The molecule has 0 aromatic heterocycles. The highest BCUT2D eigenvalue weighted by Crippen LogP contribution is 2.31. The van der Waals surface area contributed by atoms with Crippen molar-refractivity contribution >= 4 is 50.1 Å². The molecule has 3 amide bonds. The van der Waals surface area contributed by atoms with E-state index in [1.54, 1.807) is 41.7 Å². The molecule has 1 fully saturated rings. The number of nitrogens with two attached hydrogens (primary N) is 2. The van der Waals surface area contributed by atoms with Crippen molar-refractivity contribution in [3.8, 4) is 0 Å². The van der Waals surface area contributed by atoms with Gasteiger partial charge in [-0.05, 0) is 42.7 Å². The number of para-hydroxylation sites is 2. The molecule has 3 rings (SSSR count). The molecule has 0 bridgehead atoms. The number of carbonyl (C=O) groups is 3. The van der Waals surface area contributed by atoms with E-state index >= 15 is 0 Å². The first-order valence-corrected chi connectivity index (χ1v) is 14.0. The predicted molar refractivity (Wildman–Crippen MR) is 147 cm³/mol. The Labute approximate surface area is 227 Å². The molecule has 0 aliphatic carbocycles. The summed E-state index contributed by atoms with van der Waals surface area (Å²) in [5, 5.41) is 1.86. The van der Waals surface area contributed by atoms with Crippen LogP contribution in [0.2, 0.25) is 5.02 Å². The second-order valence-electron chi connectivity index (χ2n) is 8.79. The van der Waals surface area contributed by atoms with Gasteiger partial charge in [-0.2, -0.15) is 8.42 Å². The zero-order valence-electron chi connectivity index (χ0n) is 20.8. The molecular formula is C25H32ClN6O5S. The molecule has 1 radical (unpaired) electrons. The summed E-state index contributed by atoms with van der Waals surface area (Å²) in [6.07, 6.45) is 2.64. The molecule has 2 aromatic carbocycles. The maximum atomic E-state index is 13.0. The summed E-state index contributed by atoms with van der Waals surface area (Å²) in [7, 11) is -4.42. The van der Waals surface area contributed by atoms with Gasteiger partial charge in [0.15, 0.2) is 0 Å². The van der Waals surface area contributed by atoms with E-state index in [0.717, 1.165) is 5.56 Å². The number of hydrogen-bond donors (Lipinski definition) is 4. The topological polar surface area (TPSA) is 168 Å². The van der Waals surface area contributed by atoms with Crippen molar-refractivity contribution in [2.45, 2.75) is 25.3 Å². The van der Waals surface area contributed by atoms with Crippen molar-refractivity contribution in [1.29, 1.82) is 0 Å². The molecule has 2 aromatic rings. The number of amides is 3. The average Bonchev–Trinajstić information content (AvgIpc) is 2.90. The Morgan fingerprint density at radius 1 is 1.08 bits per heavy atom. The summed E-state index contributed by atoms with van der Waals surface area (Å²) in [6.45, 7) is 1.75. The molecule has 205 valence electrons. The van der Waals surface area contributed by atoms with Gasteiger partial charge in [0.1, 0.15) is 0 Å². The molecule has 0 spiro atoms.